The van der Waals surface area contributed by atoms with Crippen molar-refractivity contribution in [1.82, 2.24) is 10.2 Å². The number of benzene rings is 2. The number of fused-ring (bicyclic) bond motifs is 1. The Bertz CT molecular complexity index is 788. The van der Waals surface area contributed by atoms with Crippen LogP contribution in [0.4, 0.5) is 0 Å². The lowest BCUT2D eigenvalue weighted by Gasteiger charge is -2.30. The van der Waals surface area contributed by atoms with Gasteiger partial charge in [0, 0.05) is 35.3 Å². The molecule has 1 fully saturated rings. The van der Waals surface area contributed by atoms with Gasteiger partial charge >= 0.3 is 0 Å². The van der Waals surface area contributed by atoms with Crippen LogP contribution in [0.25, 0.3) is 20.5 Å². The van der Waals surface area contributed by atoms with Crippen LogP contribution < -0.4 is 5.32 Å². The van der Waals surface area contributed by atoms with Crippen LogP contribution in [0.15, 0.2) is 54.6 Å². The summed E-state index contributed by atoms with van der Waals surface area (Å²) in [7, 11) is 2.05. The van der Waals surface area contributed by atoms with E-state index in [1.54, 1.807) is 0 Å². The Labute approximate surface area is 153 Å². The molecule has 130 valence electrons. The monoisotopic (exact) mass is 352 g/mol. The van der Waals surface area contributed by atoms with Crippen molar-refractivity contribution in [3.63, 3.8) is 0 Å². The molecule has 0 spiro atoms. The average molecular weight is 353 g/mol. The first-order chi connectivity index (χ1) is 12.3. The van der Waals surface area contributed by atoms with Gasteiger partial charge in [0.05, 0.1) is 13.2 Å². The van der Waals surface area contributed by atoms with Gasteiger partial charge in [-0.3, -0.25) is 4.90 Å². The van der Waals surface area contributed by atoms with E-state index in [-0.39, 0.29) is 0 Å². The highest BCUT2D eigenvalue weighted by molar-refractivity contribution is 7.22. The van der Waals surface area contributed by atoms with Crippen LogP contribution in [0.3, 0.4) is 0 Å². The lowest BCUT2D eigenvalue weighted by atomic mass is 10.0. The van der Waals surface area contributed by atoms with E-state index in [0.29, 0.717) is 6.04 Å². The summed E-state index contributed by atoms with van der Waals surface area (Å²) in [6, 6.07) is 20.3. The Morgan fingerprint density at radius 2 is 1.84 bits per heavy atom. The number of nitrogens with zero attached hydrogens (tertiary/aromatic N) is 1. The van der Waals surface area contributed by atoms with E-state index in [2.05, 4.69) is 64.8 Å². The molecular weight excluding hydrogens is 328 g/mol. The molecule has 0 saturated carbocycles. The van der Waals surface area contributed by atoms with E-state index in [1.807, 2.05) is 18.4 Å². The zero-order chi connectivity index (χ0) is 17.1. The van der Waals surface area contributed by atoms with Gasteiger partial charge in [-0.05, 0) is 35.7 Å². The first-order valence-corrected chi connectivity index (χ1v) is 9.71. The highest BCUT2D eigenvalue weighted by Gasteiger charge is 2.17. The molecule has 1 aliphatic heterocycles. The first-order valence-electron chi connectivity index (χ1n) is 8.90. The van der Waals surface area contributed by atoms with Crippen molar-refractivity contribution < 1.29 is 4.74 Å². The zero-order valence-electron chi connectivity index (χ0n) is 14.6. The van der Waals surface area contributed by atoms with Crippen LogP contribution in [0.5, 0.6) is 0 Å². The third-order valence-electron chi connectivity index (χ3n) is 4.92. The molecule has 0 bridgehead atoms. The predicted octanol–water partition coefficient (Wildman–Crippen LogP) is 4.16. The second-order valence-corrected chi connectivity index (χ2v) is 7.61. The molecule has 2 heterocycles. The molecule has 1 aliphatic rings. The first kappa shape index (κ1) is 16.7. The summed E-state index contributed by atoms with van der Waals surface area (Å²) >= 11 is 1.86. The summed E-state index contributed by atoms with van der Waals surface area (Å²) in [6.45, 7) is 4.78. The normalized spacial score (nSPS) is 17.0. The molecule has 1 aromatic heterocycles. The largest absolute Gasteiger partial charge is 0.379 e. The highest BCUT2D eigenvalue weighted by Crippen LogP contribution is 2.33. The number of hydrogen-bond donors (Lipinski definition) is 1. The van der Waals surface area contributed by atoms with Gasteiger partial charge in [0.15, 0.2) is 0 Å². The number of likely N-dealkylation sites (N-methyl/N-ethyl adjacent to an activating group) is 1. The summed E-state index contributed by atoms with van der Waals surface area (Å²) in [5.74, 6) is 0. The average Bonchev–Trinajstić information content (AvgIpc) is 3.11. The number of morpholine rings is 1. The molecule has 2 aromatic carbocycles. The van der Waals surface area contributed by atoms with Crippen molar-refractivity contribution in [3.8, 4) is 10.4 Å². The fraction of sp³-hybridized carbons (Fsp3) is 0.333. The Balaban J connectivity index is 1.51. The molecule has 0 radical (unpaired) electrons. The number of ether oxygens (including phenoxy) is 1. The van der Waals surface area contributed by atoms with Crippen LogP contribution in [-0.4, -0.2) is 44.8 Å². The fourth-order valence-corrected chi connectivity index (χ4v) is 4.48. The maximum absolute atomic E-state index is 5.45. The summed E-state index contributed by atoms with van der Waals surface area (Å²) < 4.78 is 6.80. The minimum Gasteiger partial charge on any atom is -0.379 e. The molecule has 4 rings (SSSR count). The summed E-state index contributed by atoms with van der Waals surface area (Å²) in [5, 5.41) is 4.79. The molecule has 1 unspecified atom stereocenters. The van der Waals surface area contributed by atoms with Gasteiger partial charge in [-0.2, -0.15) is 0 Å². The van der Waals surface area contributed by atoms with E-state index >= 15 is 0 Å². The number of hydrogen-bond acceptors (Lipinski definition) is 4. The van der Waals surface area contributed by atoms with Crippen LogP contribution in [0.1, 0.15) is 11.6 Å². The zero-order valence-corrected chi connectivity index (χ0v) is 15.4. The molecular formula is C21H24N2OS. The number of nitrogens with one attached hydrogen (secondary N) is 1. The number of rotatable bonds is 5. The Morgan fingerprint density at radius 3 is 2.56 bits per heavy atom. The minimum atomic E-state index is 0.356. The van der Waals surface area contributed by atoms with E-state index in [0.717, 1.165) is 32.8 Å². The van der Waals surface area contributed by atoms with Crippen LogP contribution in [0, 0.1) is 0 Å². The van der Waals surface area contributed by atoms with Crippen LogP contribution in [-0.2, 0) is 4.74 Å². The van der Waals surface area contributed by atoms with E-state index < -0.39 is 0 Å². The van der Waals surface area contributed by atoms with Crippen molar-refractivity contribution in [2.24, 2.45) is 0 Å². The van der Waals surface area contributed by atoms with Crippen molar-refractivity contribution in [2.45, 2.75) is 6.04 Å². The highest BCUT2D eigenvalue weighted by atomic mass is 32.1. The summed E-state index contributed by atoms with van der Waals surface area (Å²) in [5.41, 5.74) is 2.64. The minimum absolute atomic E-state index is 0.356. The molecule has 25 heavy (non-hydrogen) atoms. The second kappa shape index (κ2) is 7.67. The standard InChI is InChI=1S/C21H24N2OS/c1-22-19(15-23-10-12-24-13-11-23)16-6-8-17(9-7-16)21-14-18-4-2-3-5-20(18)25-21/h2-9,14,19,22H,10-13,15H2,1H3. The Hall–Kier alpha value is -1.72. The van der Waals surface area contributed by atoms with Gasteiger partial charge in [0.25, 0.3) is 0 Å². The van der Waals surface area contributed by atoms with Crippen LogP contribution in [0.2, 0.25) is 0 Å². The molecule has 1 atom stereocenters. The molecule has 4 heteroatoms. The van der Waals surface area contributed by atoms with Crippen molar-refractivity contribution in [3.05, 3.63) is 60.2 Å². The Morgan fingerprint density at radius 1 is 1.08 bits per heavy atom. The summed E-state index contributed by atoms with van der Waals surface area (Å²) in [6.07, 6.45) is 0. The van der Waals surface area contributed by atoms with Gasteiger partial charge in [-0.15, -0.1) is 11.3 Å². The van der Waals surface area contributed by atoms with Gasteiger partial charge in [0.2, 0.25) is 0 Å². The molecule has 0 amide bonds. The fourth-order valence-electron chi connectivity index (χ4n) is 3.41. The Kier molecular flexibility index (Phi) is 5.13. The third kappa shape index (κ3) is 3.77. The van der Waals surface area contributed by atoms with Gasteiger partial charge < -0.3 is 10.1 Å². The third-order valence-corrected chi connectivity index (χ3v) is 6.08. The van der Waals surface area contributed by atoms with Crippen molar-refractivity contribution in [2.75, 3.05) is 39.9 Å². The van der Waals surface area contributed by atoms with Gasteiger partial charge in [0.1, 0.15) is 0 Å². The molecule has 1 saturated heterocycles. The summed E-state index contributed by atoms with van der Waals surface area (Å²) in [4.78, 5) is 3.81. The van der Waals surface area contributed by atoms with Crippen molar-refractivity contribution >= 4 is 21.4 Å². The molecule has 3 aromatic rings. The SMILES string of the molecule is CNC(CN1CCOCC1)c1ccc(-c2cc3ccccc3s2)cc1. The smallest absolute Gasteiger partial charge is 0.0594 e. The molecule has 0 aliphatic carbocycles. The predicted molar refractivity (Wildman–Crippen MR) is 106 cm³/mol. The number of thiophene rings is 1. The molecule has 1 N–H and O–H groups in total. The van der Waals surface area contributed by atoms with Gasteiger partial charge in [-0.1, -0.05) is 42.5 Å². The maximum Gasteiger partial charge on any atom is 0.0594 e. The van der Waals surface area contributed by atoms with Crippen LogP contribution >= 0.6 is 11.3 Å². The maximum atomic E-state index is 5.45. The lowest BCUT2D eigenvalue weighted by molar-refractivity contribution is 0.0338. The van der Waals surface area contributed by atoms with E-state index in [9.17, 15) is 0 Å². The van der Waals surface area contributed by atoms with E-state index in [1.165, 1.54) is 26.1 Å². The second-order valence-electron chi connectivity index (χ2n) is 6.52. The molecule has 3 nitrogen and oxygen atoms in total. The van der Waals surface area contributed by atoms with Gasteiger partial charge in [-0.25, -0.2) is 0 Å². The topological polar surface area (TPSA) is 24.5 Å². The quantitative estimate of drug-likeness (QED) is 0.746. The lowest BCUT2D eigenvalue weighted by Crippen LogP contribution is -2.41. The van der Waals surface area contributed by atoms with E-state index in [4.69, 9.17) is 4.74 Å². The van der Waals surface area contributed by atoms with Crippen molar-refractivity contribution in [1.29, 1.82) is 0 Å².